The van der Waals surface area contributed by atoms with Crippen LogP contribution in [0.2, 0.25) is 0 Å². The standard InChI is InChI=1S/C22H19Br2N5O3/c1-31-15-7-17(23)19(18(24)8-15)29-11-32-20-16(21(29)30)10-26-22(28-20)27-14-3-2-12-4-5-25-9-13(12)6-14/h2-3,6-8,10,25H,4-5,9,11H2,1H3,(H,26,27,28). The lowest BCUT2D eigenvalue weighted by molar-refractivity contribution is 0.0932. The highest BCUT2D eigenvalue weighted by atomic mass is 79.9. The molecule has 0 radical (unpaired) electrons. The van der Waals surface area contributed by atoms with Crippen LogP contribution in [0.3, 0.4) is 0 Å². The molecule has 164 valence electrons. The molecule has 32 heavy (non-hydrogen) atoms. The van der Waals surface area contributed by atoms with Crippen LogP contribution in [-0.2, 0) is 13.0 Å². The maximum Gasteiger partial charge on any atom is 0.268 e. The molecule has 1 amide bonds. The topological polar surface area (TPSA) is 88.6 Å². The first-order valence-electron chi connectivity index (χ1n) is 9.98. The van der Waals surface area contributed by atoms with Crippen molar-refractivity contribution in [3.05, 3.63) is 62.2 Å². The molecule has 1 aromatic heterocycles. The zero-order valence-electron chi connectivity index (χ0n) is 17.1. The monoisotopic (exact) mass is 559 g/mol. The predicted molar refractivity (Wildman–Crippen MR) is 128 cm³/mol. The number of anilines is 3. The van der Waals surface area contributed by atoms with Crippen molar-refractivity contribution in [2.45, 2.75) is 13.0 Å². The Morgan fingerprint density at radius 1 is 1.19 bits per heavy atom. The van der Waals surface area contributed by atoms with E-state index in [0.29, 0.717) is 31.9 Å². The molecule has 3 aromatic rings. The fraction of sp³-hybridized carbons (Fsp3) is 0.227. The molecule has 2 aromatic carbocycles. The number of carbonyl (C=O) groups is 1. The molecule has 0 fully saturated rings. The number of fused-ring (bicyclic) bond motifs is 2. The molecule has 0 aliphatic carbocycles. The van der Waals surface area contributed by atoms with E-state index in [4.69, 9.17) is 9.47 Å². The van der Waals surface area contributed by atoms with Crippen LogP contribution < -0.4 is 25.0 Å². The second-order valence-corrected chi connectivity index (χ2v) is 9.10. The fourth-order valence-corrected chi connectivity index (χ4v) is 5.36. The Morgan fingerprint density at radius 3 is 2.78 bits per heavy atom. The Bertz CT molecular complexity index is 1200. The number of ether oxygens (including phenoxy) is 2. The molecule has 0 spiro atoms. The Labute approximate surface area is 201 Å². The fourth-order valence-electron chi connectivity index (χ4n) is 3.78. The summed E-state index contributed by atoms with van der Waals surface area (Å²) in [6.45, 7) is 1.87. The van der Waals surface area contributed by atoms with E-state index in [-0.39, 0.29) is 18.5 Å². The van der Waals surface area contributed by atoms with Crippen LogP contribution in [0, 0.1) is 0 Å². The molecule has 5 rings (SSSR count). The molecule has 8 nitrogen and oxygen atoms in total. The van der Waals surface area contributed by atoms with Crippen molar-refractivity contribution in [2.75, 3.05) is 30.6 Å². The lowest BCUT2D eigenvalue weighted by Gasteiger charge is -2.29. The lowest BCUT2D eigenvalue weighted by Crippen LogP contribution is -2.39. The molecule has 0 atom stereocenters. The summed E-state index contributed by atoms with van der Waals surface area (Å²) in [4.78, 5) is 23.5. The Kier molecular flexibility index (Phi) is 5.75. The number of aromatic nitrogens is 2. The smallest absolute Gasteiger partial charge is 0.268 e. The zero-order valence-corrected chi connectivity index (χ0v) is 20.3. The first-order chi connectivity index (χ1) is 15.5. The van der Waals surface area contributed by atoms with Crippen molar-refractivity contribution in [1.29, 1.82) is 0 Å². The van der Waals surface area contributed by atoms with Gasteiger partial charge in [0, 0.05) is 27.4 Å². The summed E-state index contributed by atoms with van der Waals surface area (Å²) in [5.74, 6) is 1.05. The molecule has 2 N–H and O–H groups in total. The van der Waals surface area contributed by atoms with Crippen LogP contribution >= 0.6 is 31.9 Å². The number of halogens is 2. The molecule has 2 aliphatic heterocycles. The minimum Gasteiger partial charge on any atom is -0.497 e. The average Bonchev–Trinajstić information content (AvgIpc) is 2.80. The number of rotatable bonds is 4. The van der Waals surface area contributed by atoms with Crippen LogP contribution in [0.1, 0.15) is 21.5 Å². The van der Waals surface area contributed by atoms with E-state index in [1.165, 1.54) is 22.2 Å². The first kappa shape index (κ1) is 21.2. The second kappa shape index (κ2) is 8.68. The number of hydrogen-bond acceptors (Lipinski definition) is 7. The van der Waals surface area contributed by atoms with Crippen LogP contribution in [0.25, 0.3) is 0 Å². The average molecular weight is 561 g/mol. The van der Waals surface area contributed by atoms with Crippen molar-refractivity contribution in [3.63, 3.8) is 0 Å². The Balaban J connectivity index is 1.39. The minimum absolute atomic E-state index is 0.0241. The molecular formula is C22H19Br2N5O3. The predicted octanol–water partition coefficient (Wildman–Crippen LogP) is 4.40. The van der Waals surface area contributed by atoms with Crippen molar-refractivity contribution in [1.82, 2.24) is 15.3 Å². The second-order valence-electron chi connectivity index (χ2n) is 7.39. The van der Waals surface area contributed by atoms with Gasteiger partial charge in [-0.25, -0.2) is 4.98 Å². The van der Waals surface area contributed by atoms with Gasteiger partial charge in [-0.15, -0.1) is 0 Å². The van der Waals surface area contributed by atoms with Gasteiger partial charge >= 0.3 is 0 Å². The highest BCUT2D eigenvalue weighted by molar-refractivity contribution is 9.11. The van der Waals surface area contributed by atoms with Gasteiger partial charge in [-0.1, -0.05) is 6.07 Å². The molecule has 0 unspecified atom stereocenters. The SMILES string of the molecule is COc1cc(Br)c(N2COc3nc(Nc4ccc5c(c4)CNCC5)ncc3C2=O)c(Br)c1. The number of nitrogens with one attached hydrogen (secondary N) is 2. The van der Waals surface area contributed by atoms with Crippen LogP contribution in [0.5, 0.6) is 11.6 Å². The normalized spacial score (nSPS) is 15.0. The van der Waals surface area contributed by atoms with Crippen molar-refractivity contribution < 1.29 is 14.3 Å². The van der Waals surface area contributed by atoms with Crippen LogP contribution in [0.4, 0.5) is 17.3 Å². The van der Waals surface area contributed by atoms with Crippen molar-refractivity contribution in [2.24, 2.45) is 0 Å². The van der Waals surface area contributed by atoms with E-state index < -0.39 is 0 Å². The van der Waals surface area contributed by atoms with Crippen LogP contribution in [-0.4, -0.2) is 36.3 Å². The maximum absolute atomic E-state index is 13.2. The van der Waals surface area contributed by atoms with E-state index >= 15 is 0 Å². The largest absolute Gasteiger partial charge is 0.497 e. The summed E-state index contributed by atoms with van der Waals surface area (Å²) in [6, 6.07) is 9.82. The summed E-state index contributed by atoms with van der Waals surface area (Å²) >= 11 is 7.02. The molecule has 0 saturated carbocycles. The van der Waals surface area contributed by atoms with Crippen molar-refractivity contribution in [3.8, 4) is 11.6 Å². The van der Waals surface area contributed by atoms with Gasteiger partial charge in [0.05, 0.1) is 12.8 Å². The molecule has 0 bridgehead atoms. The first-order valence-corrected chi connectivity index (χ1v) is 11.6. The van der Waals surface area contributed by atoms with Gasteiger partial charge in [0.1, 0.15) is 11.3 Å². The number of benzene rings is 2. The van der Waals surface area contributed by atoms with Gasteiger partial charge < -0.3 is 20.1 Å². The third kappa shape index (κ3) is 3.94. The number of amides is 1. The van der Waals surface area contributed by atoms with Gasteiger partial charge in [-0.3, -0.25) is 9.69 Å². The Morgan fingerprint density at radius 2 is 2.00 bits per heavy atom. The van der Waals surface area contributed by atoms with Gasteiger partial charge in [-0.05, 0) is 80.2 Å². The summed E-state index contributed by atoms with van der Waals surface area (Å²) in [5, 5.41) is 6.58. The molecule has 3 heterocycles. The molecule has 2 aliphatic rings. The summed E-state index contributed by atoms with van der Waals surface area (Å²) in [7, 11) is 1.59. The van der Waals surface area contributed by atoms with E-state index in [2.05, 4.69) is 64.6 Å². The van der Waals surface area contributed by atoms with Gasteiger partial charge in [-0.2, -0.15) is 4.98 Å². The highest BCUT2D eigenvalue weighted by Gasteiger charge is 2.31. The minimum atomic E-state index is -0.246. The lowest BCUT2D eigenvalue weighted by atomic mass is 10.0. The van der Waals surface area contributed by atoms with E-state index in [0.717, 1.165) is 25.2 Å². The third-order valence-electron chi connectivity index (χ3n) is 5.40. The summed E-state index contributed by atoms with van der Waals surface area (Å²) < 4.78 is 12.5. The van der Waals surface area contributed by atoms with Gasteiger partial charge in [0.25, 0.3) is 5.91 Å². The maximum atomic E-state index is 13.2. The molecular weight excluding hydrogens is 542 g/mol. The molecule has 10 heteroatoms. The van der Waals surface area contributed by atoms with E-state index in [9.17, 15) is 4.79 Å². The zero-order chi connectivity index (χ0) is 22.2. The summed E-state index contributed by atoms with van der Waals surface area (Å²) in [5.41, 5.74) is 4.45. The summed E-state index contributed by atoms with van der Waals surface area (Å²) in [6.07, 6.45) is 2.52. The van der Waals surface area contributed by atoms with Gasteiger partial charge in [0.15, 0.2) is 6.73 Å². The van der Waals surface area contributed by atoms with E-state index in [1.807, 2.05) is 6.07 Å². The number of hydrogen-bond donors (Lipinski definition) is 2. The van der Waals surface area contributed by atoms with Crippen molar-refractivity contribution >= 4 is 55.1 Å². The quantitative estimate of drug-likeness (QED) is 0.489. The van der Waals surface area contributed by atoms with Gasteiger partial charge in [0.2, 0.25) is 11.8 Å². The van der Waals surface area contributed by atoms with Crippen LogP contribution in [0.15, 0.2) is 45.5 Å². The number of nitrogens with zero attached hydrogens (tertiary/aromatic N) is 3. The molecule has 0 saturated heterocycles. The number of methoxy groups -OCH3 is 1. The number of carbonyl (C=O) groups excluding carboxylic acids is 1. The third-order valence-corrected chi connectivity index (χ3v) is 6.61. The van der Waals surface area contributed by atoms with E-state index in [1.54, 1.807) is 19.2 Å². The Hall–Kier alpha value is -2.69. The highest BCUT2D eigenvalue weighted by Crippen LogP contribution is 2.40.